The SMILES string of the molecule is CC(NC(=O)CCC(=O)NCC1CCCO1)C(=O)O. The van der Waals surface area contributed by atoms with E-state index in [9.17, 15) is 14.4 Å². The maximum absolute atomic E-state index is 11.5. The Bertz CT molecular complexity index is 339. The van der Waals surface area contributed by atoms with Gasteiger partial charge in [0.1, 0.15) is 6.04 Å². The molecular formula is C12H20N2O5. The van der Waals surface area contributed by atoms with Crippen LogP contribution in [0.5, 0.6) is 0 Å². The molecular weight excluding hydrogens is 252 g/mol. The highest BCUT2D eigenvalue weighted by Gasteiger charge is 2.17. The van der Waals surface area contributed by atoms with Crippen molar-refractivity contribution in [2.45, 2.75) is 44.8 Å². The van der Waals surface area contributed by atoms with Gasteiger partial charge in [0.05, 0.1) is 6.10 Å². The molecule has 0 aromatic carbocycles. The summed E-state index contributed by atoms with van der Waals surface area (Å²) in [6.07, 6.45) is 2.05. The standard InChI is InChI=1S/C12H20N2O5/c1-8(12(17)18)14-11(16)5-4-10(15)13-7-9-3-2-6-19-9/h8-9H,2-7H2,1H3,(H,13,15)(H,14,16)(H,17,18). The van der Waals surface area contributed by atoms with Crippen molar-refractivity contribution in [3.05, 3.63) is 0 Å². The van der Waals surface area contributed by atoms with Crippen LogP contribution in [0.15, 0.2) is 0 Å². The van der Waals surface area contributed by atoms with Gasteiger partial charge in [0, 0.05) is 26.0 Å². The van der Waals surface area contributed by atoms with Crippen molar-refractivity contribution in [1.29, 1.82) is 0 Å². The number of aliphatic carboxylic acids is 1. The quantitative estimate of drug-likeness (QED) is 0.587. The monoisotopic (exact) mass is 272 g/mol. The summed E-state index contributed by atoms with van der Waals surface area (Å²) in [5, 5.41) is 13.6. The van der Waals surface area contributed by atoms with Gasteiger partial charge in [0.25, 0.3) is 0 Å². The van der Waals surface area contributed by atoms with E-state index < -0.39 is 17.9 Å². The molecule has 1 heterocycles. The van der Waals surface area contributed by atoms with E-state index in [0.717, 1.165) is 19.4 Å². The van der Waals surface area contributed by atoms with Crippen LogP contribution in [-0.4, -0.2) is 48.2 Å². The van der Waals surface area contributed by atoms with E-state index in [1.807, 2.05) is 0 Å². The molecule has 2 atom stereocenters. The Morgan fingerprint density at radius 3 is 2.58 bits per heavy atom. The van der Waals surface area contributed by atoms with Gasteiger partial charge in [-0.25, -0.2) is 0 Å². The van der Waals surface area contributed by atoms with E-state index in [1.165, 1.54) is 6.92 Å². The number of amides is 2. The van der Waals surface area contributed by atoms with Gasteiger partial charge in [-0.3, -0.25) is 14.4 Å². The summed E-state index contributed by atoms with van der Waals surface area (Å²) in [7, 11) is 0. The van der Waals surface area contributed by atoms with Crippen molar-refractivity contribution in [3.8, 4) is 0 Å². The van der Waals surface area contributed by atoms with Crippen LogP contribution in [0.1, 0.15) is 32.6 Å². The first-order valence-electron chi connectivity index (χ1n) is 6.39. The number of hydrogen-bond donors (Lipinski definition) is 3. The third-order valence-corrected chi connectivity index (χ3v) is 2.88. The highest BCUT2D eigenvalue weighted by Crippen LogP contribution is 2.10. The van der Waals surface area contributed by atoms with Gasteiger partial charge >= 0.3 is 5.97 Å². The molecule has 7 heteroatoms. The molecule has 19 heavy (non-hydrogen) atoms. The first kappa shape index (κ1) is 15.4. The average Bonchev–Trinajstić information content (AvgIpc) is 2.86. The van der Waals surface area contributed by atoms with Crippen molar-refractivity contribution >= 4 is 17.8 Å². The van der Waals surface area contributed by atoms with Crippen LogP contribution in [0, 0.1) is 0 Å². The third kappa shape index (κ3) is 6.19. The predicted molar refractivity (Wildman–Crippen MR) is 66.5 cm³/mol. The molecule has 108 valence electrons. The lowest BCUT2D eigenvalue weighted by Gasteiger charge is -2.11. The average molecular weight is 272 g/mol. The van der Waals surface area contributed by atoms with Crippen molar-refractivity contribution in [1.82, 2.24) is 10.6 Å². The van der Waals surface area contributed by atoms with Crippen molar-refractivity contribution < 1.29 is 24.2 Å². The van der Waals surface area contributed by atoms with Crippen LogP contribution in [0.25, 0.3) is 0 Å². The molecule has 2 amide bonds. The van der Waals surface area contributed by atoms with Crippen LogP contribution in [-0.2, 0) is 19.1 Å². The third-order valence-electron chi connectivity index (χ3n) is 2.88. The number of ether oxygens (including phenoxy) is 1. The number of carbonyl (C=O) groups is 3. The molecule has 7 nitrogen and oxygen atoms in total. The van der Waals surface area contributed by atoms with E-state index in [0.29, 0.717) is 6.54 Å². The Labute approximate surface area is 111 Å². The molecule has 1 aliphatic rings. The lowest BCUT2D eigenvalue weighted by molar-refractivity contribution is -0.141. The number of nitrogens with one attached hydrogen (secondary N) is 2. The van der Waals surface area contributed by atoms with Crippen LogP contribution in [0.4, 0.5) is 0 Å². The topological polar surface area (TPSA) is 105 Å². The first-order chi connectivity index (χ1) is 8.99. The predicted octanol–water partition coefficient (Wildman–Crippen LogP) is -0.349. The summed E-state index contributed by atoms with van der Waals surface area (Å²) in [4.78, 5) is 33.3. The number of hydrogen-bond acceptors (Lipinski definition) is 4. The molecule has 0 aliphatic carbocycles. The molecule has 0 aromatic rings. The molecule has 0 saturated carbocycles. The summed E-state index contributed by atoms with van der Waals surface area (Å²) in [5.74, 6) is -1.77. The minimum Gasteiger partial charge on any atom is -0.480 e. The first-order valence-corrected chi connectivity index (χ1v) is 6.39. The van der Waals surface area contributed by atoms with E-state index in [1.54, 1.807) is 0 Å². The van der Waals surface area contributed by atoms with E-state index in [2.05, 4.69) is 10.6 Å². The Morgan fingerprint density at radius 1 is 1.32 bits per heavy atom. The summed E-state index contributed by atoms with van der Waals surface area (Å²) >= 11 is 0. The molecule has 1 saturated heterocycles. The Hall–Kier alpha value is -1.63. The largest absolute Gasteiger partial charge is 0.480 e. The van der Waals surface area contributed by atoms with Crippen molar-refractivity contribution in [3.63, 3.8) is 0 Å². The van der Waals surface area contributed by atoms with Crippen LogP contribution < -0.4 is 10.6 Å². The number of carboxylic acid groups (broad SMARTS) is 1. The van der Waals surface area contributed by atoms with Gasteiger partial charge in [-0.05, 0) is 19.8 Å². The molecule has 1 fully saturated rings. The molecule has 1 aliphatic heterocycles. The molecule has 2 unspecified atom stereocenters. The second-order valence-electron chi connectivity index (χ2n) is 4.57. The summed E-state index contributed by atoms with van der Waals surface area (Å²) in [6, 6.07) is -0.942. The molecule has 3 N–H and O–H groups in total. The smallest absolute Gasteiger partial charge is 0.325 e. The zero-order chi connectivity index (χ0) is 14.3. The van der Waals surface area contributed by atoms with Crippen molar-refractivity contribution in [2.75, 3.05) is 13.2 Å². The molecule has 0 spiro atoms. The van der Waals surface area contributed by atoms with Gasteiger partial charge in [-0.1, -0.05) is 0 Å². The Kier molecular flexibility index (Phi) is 6.27. The number of carbonyl (C=O) groups excluding carboxylic acids is 2. The fourth-order valence-electron chi connectivity index (χ4n) is 1.72. The van der Waals surface area contributed by atoms with E-state index >= 15 is 0 Å². The second-order valence-corrected chi connectivity index (χ2v) is 4.57. The number of rotatable bonds is 7. The lowest BCUT2D eigenvalue weighted by atomic mass is 10.2. The second kappa shape index (κ2) is 7.73. The van der Waals surface area contributed by atoms with Crippen LogP contribution in [0.3, 0.4) is 0 Å². The fraction of sp³-hybridized carbons (Fsp3) is 0.750. The minimum atomic E-state index is -1.10. The zero-order valence-electron chi connectivity index (χ0n) is 11.0. The molecule has 0 radical (unpaired) electrons. The highest BCUT2D eigenvalue weighted by molar-refractivity contribution is 5.86. The summed E-state index contributed by atoms with van der Waals surface area (Å²) in [6.45, 7) is 2.57. The van der Waals surface area contributed by atoms with Crippen LogP contribution >= 0.6 is 0 Å². The van der Waals surface area contributed by atoms with E-state index in [4.69, 9.17) is 9.84 Å². The van der Waals surface area contributed by atoms with E-state index in [-0.39, 0.29) is 24.9 Å². The van der Waals surface area contributed by atoms with Gasteiger partial charge in [-0.2, -0.15) is 0 Å². The number of carboxylic acids is 1. The normalized spacial score (nSPS) is 19.7. The van der Waals surface area contributed by atoms with Crippen LogP contribution in [0.2, 0.25) is 0 Å². The van der Waals surface area contributed by atoms with Gasteiger partial charge < -0.3 is 20.5 Å². The maximum Gasteiger partial charge on any atom is 0.325 e. The molecule has 0 bridgehead atoms. The lowest BCUT2D eigenvalue weighted by Crippen LogP contribution is -2.39. The summed E-state index contributed by atoms with van der Waals surface area (Å²) < 4.78 is 5.35. The molecule has 1 rings (SSSR count). The minimum absolute atomic E-state index is 0.0189. The maximum atomic E-state index is 11.5. The van der Waals surface area contributed by atoms with Crippen molar-refractivity contribution in [2.24, 2.45) is 0 Å². The van der Waals surface area contributed by atoms with Gasteiger partial charge in [-0.15, -0.1) is 0 Å². The fourth-order valence-corrected chi connectivity index (χ4v) is 1.72. The Balaban J connectivity index is 2.11. The zero-order valence-corrected chi connectivity index (χ0v) is 11.0. The van der Waals surface area contributed by atoms with Gasteiger partial charge in [0.2, 0.25) is 11.8 Å². The van der Waals surface area contributed by atoms with Gasteiger partial charge in [0.15, 0.2) is 0 Å². The summed E-state index contributed by atoms with van der Waals surface area (Å²) in [5.41, 5.74) is 0. The highest BCUT2D eigenvalue weighted by atomic mass is 16.5. The molecule has 0 aromatic heterocycles. The Morgan fingerprint density at radius 2 is 2.00 bits per heavy atom.